The quantitative estimate of drug-likeness (QED) is 0.433. The molecule has 2 amide bonds. The zero-order valence-corrected chi connectivity index (χ0v) is 18.1. The Balaban J connectivity index is 1.70. The van der Waals surface area contributed by atoms with Gasteiger partial charge in [0.25, 0.3) is 0 Å². The highest BCUT2D eigenvalue weighted by Crippen LogP contribution is 2.31. The Labute approximate surface area is 177 Å². The predicted molar refractivity (Wildman–Crippen MR) is 115 cm³/mol. The van der Waals surface area contributed by atoms with Gasteiger partial charge in [0.2, 0.25) is 5.13 Å². The predicted octanol–water partition coefficient (Wildman–Crippen LogP) is 3.37. The summed E-state index contributed by atoms with van der Waals surface area (Å²) in [6.45, 7) is 6.35. The zero-order valence-electron chi connectivity index (χ0n) is 16.5. The Hall–Kier alpha value is -2.59. The van der Waals surface area contributed by atoms with E-state index < -0.39 is 5.97 Å². The summed E-state index contributed by atoms with van der Waals surface area (Å²) >= 11 is 2.84. The maximum Gasteiger partial charge on any atom is 0.337 e. The van der Waals surface area contributed by atoms with E-state index >= 15 is 0 Å². The molecule has 3 rings (SSSR count). The number of hydrogen-bond acceptors (Lipinski definition) is 8. The number of anilines is 2. The minimum atomic E-state index is -0.429. The number of benzene rings is 1. The molecule has 0 unspecified atom stereocenters. The normalized spacial score (nSPS) is 13.7. The second-order valence-electron chi connectivity index (χ2n) is 6.23. The number of nitrogens with one attached hydrogen (secondary N) is 3. The number of rotatable bonds is 8. The number of aryl methyl sites for hydroxylation is 2. The fraction of sp³-hybridized carbons (Fsp3) is 0.368. The van der Waals surface area contributed by atoms with Crippen molar-refractivity contribution in [3.8, 4) is 0 Å². The zero-order chi connectivity index (χ0) is 20.8. The number of esters is 1. The van der Waals surface area contributed by atoms with E-state index in [1.807, 2.05) is 6.07 Å². The molecule has 1 aliphatic heterocycles. The molecule has 0 spiro atoms. The molecule has 3 N–H and O–H groups in total. The summed E-state index contributed by atoms with van der Waals surface area (Å²) < 4.78 is 5.81. The molecule has 0 saturated carbocycles. The van der Waals surface area contributed by atoms with E-state index in [1.165, 1.54) is 28.7 Å². The Bertz CT molecular complexity index is 942. The second-order valence-corrected chi connectivity index (χ2v) is 8.43. The number of carbonyl (C=O) groups excluding carboxylic acids is 2. The van der Waals surface area contributed by atoms with Gasteiger partial charge in [-0.2, -0.15) is 0 Å². The Kier molecular flexibility index (Phi) is 7.10. The number of para-hydroxylation sites is 1. The van der Waals surface area contributed by atoms with Gasteiger partial charge in [-0.05, 0) is 31.4 Å². The van der Waals surface area contributed by atoms with Crippen LogP contribution in [0.3, 0.4) is 0 Å². The number of carbonyl (C=O) groups is 2. The van der Waals surface area contributed by atoms with Crippen molar-refractivity contribution in [1.29, 1.82) is 0 Å². The molecule has 154 valence electrons. The lowest BCUT2D eigenvalue weighted by Crippen LogP contribution is -2.44. The van der Waals surface area contributed by atoms with E-state index in [-0.39, 0.29) is 19.2 Å². The van der Waals surface area contributed by atoms with Gasteiger partial charge in [0.1, 0.15) is 0 Å². The number of urea groups is 1. The molecule has 0 radical (unpaired) electrons. The van der Waals surface area contributed by atoms with Crippen molar-refractivity contribution < 1.29 is 14.3 Å². The lowest BCUT2D eigenvalue weighted by Gasteiger charge is -2.20. The molecular weight excluding hydrogens is 410 g/mol. The minimum Gasteiger partial charge on any atom is -0.463 e. The molecule has 0 atom stereocenters. The average Bonchev–Trinajstić information content (AvgIpc) is 3.15. The SMILES string of the molecule is CCOC(=O)C1=C(CSc2nnc(Nc3c(C)cccc3CC)s2)NC(=O)NC1. The van der Waals surface area contributed by atoms with Crippen LogP contribution < -0.4 is 16.0 Å². The van der Waals surface area contributed by atoms with Crippen LogP contribution in [0.5, 0.6) is 0 Å². The highest BCUT2D eigenvalue weighted by molar-refractivity contribution is 8.01. The molecule has 1 aromatic heterocycles. The molecule has 0 bridgehead atoms. The number of hydrogen-bond donors (Lipinski definition) is 3. The first-order valence-corrected chi connectivity index (χ1v) is 11.1. The highest BCUT2D eigenvalue weighted by Gasteiger charge is 2.24. The lowest BCUT2D eigenvalue weighted by atomic mass is 10.1. The summed E-state index contributed by atoms with van der Waals surface area (Å²) in [5.74, 6) is -0.0392. The van der Waals surface area contributed by atoms with Crippen LogP contribution in [0.25, 0.3) is 0 Å². The smallest absolute Gasteiger partial charge is 0.337 e. The van der Waals surface area contributed by atoms with E-state index in [4.69, 9.17) is 4.74 Å². The van der Waals surface area contributed by atoms with Crippen LogP contribution in [0.15, 0.2) is 33.8 Å². The monoisotopic (exact) mass is 433 g/mol. The van der Waals surface area contributed by atoms with Gasteiger partial charge in [-0.15, -0.1) is 10.2 Å². The van der Waals surface area contributed by atoms with Gasteiger partial charge in [0.15, 0.2) is 4.34 Å². The Morgan fingerprint density at radius 3 is 2.93 bits per heavy atom. The summed E-state index contributed by atoms with van der Waals surface area (Å²) in [5.41, 5.74) is 4.38. The number of thioether (sulfide) groups is 1. The second kappa shape index (κ2) is 9.75. The van der Waals surface area contributed by atoms with Crippen molar-refractivity contribution in [2.75, 3.05) is 24.2 Å². The molecule has 0 aliphatic carbocycles. The van der Waals surface area contributed by atoms with Crippen LogP contribution in [0, 0.1) is 6.92 Å². The van der Waals surface area contributed by atoms with Crippen molar-refractivity contribution in [2.24, 2.45) is 0 Å². The van der Waals surface area contributed by atoms with Gasteiger partial charge >= 0.3 is 12.0 Å². The minimum absolute atomic E-state index is 0.149. The third-order valence-electron chi connectivity index (χ3n) is 4.29. The van der Waals surface area contributed by atoms with Crippen LogP contribution >= 0.6 is 23.1 Å². The van der Waals surface area contributed by atoms with Crippen LogP contribution in [0.2, 0.25) is 0 Å². The summed E-state index contributed by atoms with van der Waals surface area (Å²) in [6.07, 6.45) is 0.920. The number of amides is 2. The first-order chi connectivity index (χ1) is 14.0. The molecule has 0 saturated heterocycles. The maximum atomic E-state index is 12.1. The molecule has 29 heavy (non-hydrogen) atoms. The molecule has 0 fully saturated rings. The highest BCUT2D eigenvalue weighted by atomic mass is 32.2. The van der Waals surface area contributed by atoms with Crippen LogP contribution in [-0.2, 0) is 16.0 Å². The standard InChI is InChI=1S/C19H23N5O3S2/c1-4-12-8-6-7-11(3)15(12)22-18-23-24-19(29-18)28-10-14-13(16(25)27-5-2)9-20-17(26)21-14/h6-8H,4-5,9-10H2,1-3H3,(H,22,23)(H2,20,21,26). The van der Waals surface area contributed by atoms with Gasteiger partial charge in [-0.3, -0.25) is 0 Å². The first kappa shape index (κ1) is 21.1. The summed E-state index contributed by atoms with van der Waals surface area (Å²) in [7, 11) is 0. The largest absolute Gasteiger partial charge is 0.463 e. The summed E-state index contributed by atoms with van der Waals surface area (Å²) in [5, 5.41) is 17.8. The fourth-order valence-electron chi connectivity index (χ4n) is 2.83. The van der Waals surface area contributed by atoms with Crippen LogP contribution in [-0.4, -0.2) is 41.1 Å². The van der Waals surface area contributed by atoms with Gasteiger partial charge in [0.05, 0.1) is 18.7 Å². The fourth-order valence-corrected chi connectivity index (χ4v) is 4.57. The molecule has 8 nitrogen and oxygen atoms in total. The maximum absolute atomic E-state index is 12.1. The number of nitrogens with zero attached hydrogens (tertiary/aromatic N) is 2. The van der Waals surface area contributed by atoms with Crippen molar-refractivity contribution >= 4 is 45.9 Å². The molecule has 1 aliphatic rings. The van der Waals surface area contributed by atoms with Gasteiger partial charge in [0, 0.05) is 17.1 Å². The van der Waals surface area contributed by atoms with Crippen molar-refractivity contribution in [1.82, 2.24) is 20.8 Å². The van der Waals surface area contributed by atoms with Gasteiger partial charge in [-0.25, -0.2) is 9.59 Å². The topological polar surface area (TPSA) is 105 Å². The number of ether oxygens (including phenoxy) is 1. The van der Waals surface area contributed by atoms with E-state index in [0.29, 0.717) is 22.2 Å². The molecule has 10 heteroatoms. The lowest BCUT2D eigenvalue weighted by molar-refractivity contribution is -0.138. The van der Waals surface area contributed by atoms with Crippen molar-refractivity contribution in [2.45, 2.75) is 31.5 Å². The van der Waals surface area contributed by atoms with Gasteiger partial charge in [-0.1, -0.05) is 48.2 Å². The Morgan fingerprint density at radius 1 is 1.34 bits per heavy atom. The number of aromatic nitrogens is 2. The van der Waals surface area contributed by atoms with Crippen molar-refractivity contribution in [3.63, 3.8) is 0 Å². The molecule has 2 heterocycles. The summed E-state index contributed by atoms with van der Waals surface area (Å²) in [4.78, 5) is 23.8. The Morgan fingerprint density at radius 2 is 2.17 bits per heavy atom. The summed E-state index contributed by atoms with van der Waals surface area (Å²) in [6, 6.07) is 5.86. The molecule has 2 aromatic rings. The third-order valence-corrected chi connectivity index (χ3v) is 6.29. The van der Waals surface area contributed by atoms with E-state index in [1.54, 1.807) is 6.92 Å². The van der Waals surface area contributed by atoms with Gasteiger partial charge < -0.3 is 20.7 Å². The van der Waals surface area contributed by atoms with E-state index in [0.717, 1.165) is 22.0 Å². The molecular formula is C19H23N5O3S2. The van der Waals surface area contributed by atoms with E-state index in [9.17, 15) is 9.59 Å². The van der Waals surface area contributed by atoms with Crippen LogP contribution in [0.4, 0.5) is 15.6 Å². The van der Waals surface area contributed by atoms with E-state index in [2.05, 4.69) is 52.1 Å². The van der Waals surface area contributed by atoms with Crippen LogP contribution in [0.1, 0.15) is 25.0 Å². The third kappa shape index (κ3) is 5.27. The first-order valence-electron chi connectivity index (χ1n) is 9.27. The molecule has 1 aromatic carbocycles. The van der Waals surface area contributed by atoms with Crippen molar-refractivity contribution in [3.05, 3.63) is 40.6 Å². The average molecular weight is 434 g/mol.